The lowest BCUT2D eigenvalue weighted by molar-refractivity contribution is 0.235. The normalized spacial score (nSPS) is 25.7. The number of urea groups is 1. The third kappa shape index (κ3) is 5.35. The number of nitrogens with two attached hydrogens (primary N) is 1. The van der Waals surface area contributed by atoms with Crippen molar-refractivity contribution in [1.29, 1.82) is 0 Å². The Morgan fingerprint density at radius 1 is 1.19 bits per heavy atom. The molecule has 0 bridgehead atoms. The number of amides is 2. The second-order valence-corrected chi connectivity index (χ2v) is 5.19. The zero-order valence-corrected chi connectivity index (χ0v) is 10.5. The van der Waals surface area contributed by atoms with Gasteiger partial charge < -0.3 is 16.4 Å². The Hall–Kier alpha value is -0.770. The molecule has 4 nitrogen and oxygen atoms in total. The summed E-state index contributed by atoms with van der Waals surface area (Å²) in [5.74, 6) is 1.44. The molecule has 94 valence electrons. The van der Waals surface area contributed by atoms with Gasteiger partial charge in [0.1, 0.15) is 0 Å². The smallest absolute Gasteiger partial charge is 0.312 e. The van der Waals surface area contributed by atoms with Crippen LogP contribution in [0, 0.1) is 11.8 Å². The van der Waals surface area contributed by atoms with Crippen LogP contribution >= 0.6 is 0 Å². The molecular formula is C12H25N3O. The van der Waals surface area contributed by atoms with Crippen molar-refractivity contribution in [2.75, 3.05) is 13.1 Å². The van der Waals surface area contributed by atoms with E-state index in [1.807, 2.05) is 0 Å². The fourth-order valence-electron chi connectivity index (χ4n) is 2.29. The molecule has 4 heteroatoms. The first-order valence-electron chi connectivity index (χ1n) is 6.34. The summed E-state index contributed by atoms with van der Waals surface area (Å²) < 4.78 is 0. The van der Waals surface area contributed by atoms with Crippen LogP contribution in [0.5, 0.6) is 0 Å². The molecule has 0 unspecified atom stereocenters. The van der Waals surface area contributed by atoms with E-state index in [1.54, 1.807) is 0 Å². The topological polar surface area (TPSA) is 67.2 Å². The summed E-state index contributed by atoms with van der Waals surface area (Å²) in [6.45, 7) is 6.25. The highest BCUT2D eigenvalue weighted by atomic mass is 16.2. The molecule has 1 fully saturated rings. The van der Waals surface area contributed by atoms with Crippen LogP contribution in [0.3, 0.4) is 0 Å². The lowest BCUT2D eigenvalue weighted by atomic mass is 9.82. The van der Waals surface area contributed by atoms with Gasteiger partial charge in [-0.3, -0.25) is 0 Å². The zero-order valence-electron chi connectivity index (χ0n) is 10.5. The Balaban J connectivity index is 2.11. The van der Waals surface area contributed by atoms with Crippen LogP contribution in [0.25, 0.3) is 0 Å². The van der Waals surface area contributed by atoms with Gasteiger partial charge in [-0.25, -0.2) is 4.79 Å². The van der Waals surface area contributed by atoms with Gasteiger partial charge in [0.25, 0.3) is 0 Å². The Morgan fingerprint density at radius 3 is 2.12 bits per heavy atom. The summed E-state index contributed by atoms with van der Waals surface area (Å²) in [6.07, 6.45) is 4.96. The van der Waals surface area contributed by atoms with Crippen molar-refractivity contribution in [2.45, 2.75) is 45.6 Å². The van der Waals surface area contributed by atoms with Gasteiger partial charge >= 0.3 is 6.03 Å². The molecule has 2 amide bonds. The van der Waals surface area contributed by atoms with Gasteiger partial charge in [0.2, 0.25) is 0 Å². The number of carbonyl (C=O) groups is 1. The highest BCUT2D eigenvalue weighted by Crippen LogP contribution is 2.27. The van der Waals surface area contributed by atoms with Crippen molar-refractivity contribution in [1.82, 2.24) is 10.6 Å². The van der Waals surface area contributed by atoms with Crippen LogP contribution in [0.4, 0.5) is 4.79 Å². The van der Waals surface area contributed by atoms with Gasteiger partial charge in [0.15, 0.2) is 0 Å². The van der Waals surface area contributed by atoms with Crippen LogP contribution in [0.2, 0.25) is 0 Å². The number of nitrogens with one attached hydrogen (secondary N) is 2. The van der Waals surface area contributed by atoms with E-state index >= 15 is 0 Å². The molecular weight excluding hydrogens is 202 g/mol. The van der Waals surface area contributed by atoms with E-state index in [9.17, 15) is 4.79 Å². The van der Waals surface area contributed by atoms with E-state index in [-0.39, 0.29) is 0 Å². The molecule has 4 N–H and O–H groups in total. The Bertz CT molecular complexity index is 210. The Morgan fingerprint density at radius 2 is 1.69 bits per heavy atom. The van der Waals surface area contributed by atoms with Crippen LogP contribution in [-0.2, 0) is 0 Å². The molecule has 0 atom stereocenters. The molecule has 1 aliphatic rings. The maximum atomic E-state index is 10.6. The van der Waals surface area contributed by atoms with E-state index in [2.05, 4.69) is 24.5 Å². The van der Waals surface area contributed by atoms with Gasteiger partial charge in [-0.05, 0) is 44.1 Å². The lowest BCUT2D eigenvalue weighted by Crippen LogP contribution is -2.36. The molecule has 0 radical (unpaired) electrons. The van der Waals surface area contributed by atoms with E-state index < -0.39 is 6.03 Å². The molecule has 0 aliphatic heterocycles. The molecule has 0 aromatic heterocycles. The Kier molecular flexibility index (Phi) is 5.60. The maximum Gasteiger partial charge on any atom is 0.312 e. The van der Waals surface area contributed by atoms with E-state index in [0.29, 0.717) is 12.0 Å². The molecule has 1 aliphatic carbocycles. The van der Waals surface area contributed by atoms with Crippen molar-refractivity contribution in [3.8, 4) is 0 Å². The van der Waals surface area contributed by atoms with Gasteiger partial charge in [0, 0.05) is 12.6 Å². The predicted molar refractivity (Wildman–Crippen MR) is 66.2 cm³/mol. The summed E-state index contributed by atoms with van der Waals surface area (Å²) >= 11 is 0. The van der Waals surface area contributed by atoms with E-state index in [4.69, 9.17) is 5.73 Å². The number of hydrogen-bond acceptors (Lipinski definition) is 2. The molecule has 0 heterocycles. The second-order valence-electron chi connectivity index (χ2n) is 5.19. The van der Waals surface area contributed by atoms with Crippen molar-refractivity contribution < 1.29 is 4.79 Å². The third-order valence-corrected chi connectivity index (χ3v) is 3.35. The minimum Gasteiger partial charge on any atom is -0.352 e. The molecule has 0 aromatic rings. The first kappa shape index (κ1) is 13.3. The summed E-state index contributed by atoms with van der Waals surface area (Å²) in [4.78, 5) is 10.6. The lowest BCUT2D eigenvalue weighted by Gasteiger charge is -2.29. The summed E-state index contributed by atoms with van der Waals surface area (Å²) in [7, 11) is 0. The predicted octanol–water partition coefficient (Wildman–Crippen LogP) is 1.46. The zero-order chi connectivity index (χ0) is 12.0. The van der Waals surface area contributed by atoms with Crippen LogP contribution < -0.4 is 16.4 Å². The number of hydrogen-bond donors (Lipinski definition) is 3. The molecule has 16 heavy (non-hydrogen) atoms. The minimum absolute atomic E-state index is 0.399. The van der Waals surface area contributed by atoms with Crippen molar-refractivity contribution in [3.63, 3.8) is 0 Å². The minimum atomic E-state index is -0.399. The van der Waals surface area contributed by atoms with Gasteiger partial charge in [-0.15, -0.1) is 0 Å². The quantitative estimate of drug-likeness (QED) is 0.665. The number of rotatable bonds is 5. The summed E-state index contributed by atoms with van der Waals surface area (Å²) in [6, 6.07) is 0.179. The highest BCUT2D eigenvalue weighted by molar-refractivity contribution is 5.71. The number of primary amides is 1. The third-order valence-electron chi connectivity index (χ3n) is 3.35. The average Bonchev–Trinajstić information content (AvgIpc) is 2.25. The molecule has 0 saturated heterocycles. The Labute approximate surface area is 98.3 Å². The largest absolute Gasteiger partial charge is 0.352 e. The van der Waals surface area contributed by atoms with E-state index in [0.717, 1.165) is 19.0 Å². The van der Waals surface area contributed by atoms with Gasteiger partial charge in [-0.2, -0.15) is 0 Å². The van der Waals surface area contributed by atoms with Crippen molar-refractivity contribution in [2.24, 2.45) is 17.6 Å². The van der Waals surface area contributed by atoms with Crippen LogP contribution in [0.15, 0.2) is 0 Å². The highest BCUT2D eigenvalue weighted by Gasteiger charge is 2.21. The fourth-order valence-corrected chi connectivity index (χ4v) is 2.29. The summed E-state index contributed by atoms with van der Waals surface area (Å²) in [5, 5.41) is 6.19. The fraction of sp³-hybridized carbons (Fsp3) is 0.917. The van der Waals surface area contributed by atoms with Crippen molar-refractivity contribution >= 4 is 6.03 Å². The van der Waals surface area contributed by atoms with Crippen LogP contribution in [-0.4, -0.2) is 25.2 Å². The maximum absolute atomic E-state index is 10.6. The van der Waals surface area contributed by atoms with Gasteiger partial charge in [-0.1, -0.05) is 13.8 Å². The molecule has 0 spiro atoms. The van der Waals surface area contributed by atoms with E-state index in [1.165, 1.54) is 25.7 Å². The van der Waals surface area contributed by atoms with Crippen LogP contribution in [0.1, 0.15) is 39.5 Å². The standard InChI is InChI=1S/C12H25N3O/c1-9(2)14-7-10-3-5-11(6-4-10)8-15-12(13)16/h9-11,14H,3-8H2,1-2H3,(H3,13,15,16). The molecule has 0 aromatic carbocycles. The second kappa shape index (κ2) is 6.74. The molecule has 1 saturated carbocycles. The average molecular weight is 227 g/mol. The monoisotopic (exact) mass is 227 g/mol. The first-order valence-corrected chi connectivity index (χ1v) is 6.34. The number of carbonyl (C=O) groups excluding carboxylic acids is 1. The SMILES string of the molecule is CC(C)NCC1CCC(CNC(N)=O)CC1. The summed E-state index contributed by atoms with van der Waals surface area (Å²) in [5.41, 5.74) is 5.06. The first-order chi connectivity index (χ1) is 7.58. The van der Waals surface area contributed by atoms with Crippen molar-refractivity contribution in [3.05, 3.63) is 0 Å². The molecule has 1 rings (SSSR count). The van der Waals surface area contributed by atoms with Gasteiger partial charge in [0.05, 0.1) is 0 Å².